The van der Waals surface area contributed by atoms with Gasteiger partial charge >= 0.3 is 0 Å². The fourth-order valence-electron chi connectivity index (χ4n) is 2.25. The number of carbonyl (C=O) groups is 1. The number of nitrogens with one attached hydrogen (secondary N) is 2. The van der Waals surface area contributed by atoms with Crippen molar-refractivity contribution in [2.75, 3.05) is 5.43 Å². The Bertz CT molecular complexity index is 548. The largest absolute Gasteiger partial charge is 0.301 e. The van der Waals surface area contributed by atoms with Crippen molar-refractivity contribution in [3.8, 4) is 0 Å². The molecule has 1 aromatic heterocycles. The molecule has 0 fully saturated rings. The Morgan fingerprint density at radius 2 is 1.89 bits per heavy atom. The Labute approximate surface area is 106 Å². The molecular formula is C14H15N3O. The van der Waals surface area contributed by atoms with E-state index < -0.39 is 0 Å². The molecule has 4 nitrogen and oxygen atoms in total. The van der Waals surface area contributed by atoms with Gasteiger partial charge in [0.2, 0.25) is 0 Å². The molecule has 3 rings (SSSR count). The van der Waals surface area contributed by atoms with Crippen LogP contribution in [0.2, 0.25) is 0 Å². The number of hydrogen-bond acceptors (Lipinski definition) is 2. The molecule has 2 aromatic rings. The van der Waals surface area contributed by atoms with Crippen molar-refractivity contribution in [1.29, 1.82) is 0 Å². The van der Waals surface area contributed by atoms with E-state index in [-0.39, 0.29) is 11.9 Å². The van der Waals surface area contributed by atoms with Crippen LogP contribution in [0, 0.1) is 0 Å². The van der Waals surface area contributed by atoms with Gasteiger partial charge in [0.05, 0.1) is 6.04 Å². The maximum Gasteiger partial charge on any atom is 0.256 e. The number of amides is 1. The lowest BCUT2D eigenvalue weighted by atomic mass is 9.96. The van der Waals surface area contributed by atoms with Crippen LogP contribution in [0.3, 0.4) is 0 Å². The van der Waals surface area contributed by atoms with E-state index in [2.05, 4.69) is 22.9 Å². The van der Waals surface area contributed by atoms with Crippen molar-refractivity contribution in [3.05, 3.63) is 59.9 Å². The van der Waals surface area contributed by atoms with Gasteiger partial charge in [0, 0.05) is 18.9 Å². The molecule has 0 saturated carbocycles. The highest BCUT2D eigenvalue weighted by Crippen LogP contribution is 2.16. The van der Waals surface area contributed by atoms with Crippen LogP contribution in [-0.2, 0) is 17.8 Å². The van der Waals surface area contributed by atoms with Gasteiger partial charge in [0.1, 0.15) is 0 Å². The van der Waals surface area contributed by atoms with Crippen LogP contribution >= 0.6 is 0 Å². The lowest BCUT2D eigenvalue weighted by Crippen LogP contribution is -2.46. The maximum atomic E-state index is 12.1. The van der Waals surface area contributed by atoms with Crippen LogP contribution in [0.5, 0.6) is 0 Å². The van der Waals surface area contributed by atoms with Crippen LogP contribution in [0.25, 0.3) is 0 Å². The molecule has 4 heteroatoms. The van der Waals surface area contributed by atoms with Gasteiger partial charge in [-0.05, 0) is 29.7 Å². The van der Waals surface area contributed by atoms with E-state index in [1.54, 1.807) is 4.68 Å². The Morgan fingerprint density at radius 3 is 2.67 bits per heavy atom. The fraction of sp³-hybridized carbons (Fsp3) is 0.214. The van der Waals surface area contributed by atoms with Crippen LogP contribution in [0.4, 0.5) is 0 Å². The molecule has 0 bridgehead atoms. The Morgan fingerprint density at radius 1 is 1.17 bits per heavy atom. The van der Waals surface area contributed by atoms with Crippen molar-refractivity contribution in [1.82, 2.24) is 9.99 Å². The second kappa shape index (κ2) is 4.66. The lowest BCUT2D eigenvalue weighted by molar-refractivity contribution is -0.119. The highest BCUT2D eigenvalue weighted by molar-refractivity contribution is 5.89. The number of benzene rings is 1. The molecule has 0 radical (unpaired) electrons. The van der Waals surface area contributed by atoms with Gasteiger partial charge in [0.25, 0.3) is 5.91 Å². The first kappa shape index (κ1) is 11.0. The molecule has 0 unspecified atom stereocenters. The summed E-state index contributed by atoms with van der Waals surface area (Å²) in [6.45, 7) is 0.750. The summed E-state index contributed by atoms with van der Waals surface area (Å²) >= 11 is 0. The molecule has 18 heavy (non-hydrogen) atoms. The third kappa shape index (κ3) is 2.15. The molecule has 2 heterocycles. The van der Waals surface area contributed by atoms with Crippen LogP contribution < -0.4 is 10.7 Å². The van der Waals surface area contributed by atoms with Gasteiger partial charge in [-0.15, -0.1) is 0 Å². The van der Waals surface area contributed by atoms with Gasteiger partial charge in [0.15, 0.2) is 0 Å². The van der Waals surface area contributed by atoms with Crippen molar-refractivity contribution in [3.63, 3.8) is 0 Å². The Kier molecular flexibility index (Phi) is 2.86. The summed E-state index contributed by atoms with van der Waals surface area (Å²) < 4.78 is 1.67. The smallest absolute Gasteiger partial charge is 0.256 e. The number of nitrogens with zero attached hydrogens (tertiary/aromatic N) is 1. The molecular weight excluding hydrogens is 226 g/mol. The van der Waals surface area contributed by atoms with E-state index in [9.17, 15) is 4.79 Å². The van der Waals surface area contributed by atoms with E-state index in [1.165, 1.54) is 11.1 Å². The first-order valence-electron chi connectivity index (χ1n) is 6.07. The minimum absolute atomic E-state index is 0.000651. The van der Waals surface area contributed by atoms with Gasteiger partial charge < -0.3 is 5.32 Å². The third-order valence-electron chi connectivity index (χ3n) is 3.24. The number of hydrogen-bond donors (Lipinski definition) is 2. The first-order chi connectivity index (χ1) is 8.83. The molecule has 0 spiro atoms. The molecule has 2 N–H and O–H groups in total. The second-order valence-corrected chi connectivity index (χ2v) is 4.47. The molecule has 1 aromatic carbocycles. The highest BCUT2D eigenvalue weighted by Gasteiger charge is 2.23. The molecule has 0 aliphatic carbocycles. The van der Waals surface area contributed by atoms with Crippen LogP contribution in [0.15, 0.2) is 48.8 Å². The van der Waals surface area contributed by atoms with E-state index in [1.807, 2.05) is 36.7 Å². The van der Waals surface area contributed by atoms with Crippen molar-refractivity contribution < 1.29 is 4.79 Å². The van der Waals surface area contributed by atoms with Crippen molar-refractivity contribution in [2.45, 2.75) is 19.0 Å². The number of fused-ring (bicyclic) bond motifs is 1. The summed E-state index contributed by atoms with van der Waals surface area (Å²) in [6, 6.07) is 11.8. The zero-order chi connectivity index (χ0) is 12.4. The highest BCUT2D eigenvalue weighted by atomic mass is 16.2. The third-order valence-corrected chi connectivity index (χ3v) is 3.24. The van der Waals surface area contributed by atoms with E-state index in [4.69, 9.17) is 0 Å². The van der Waals surface area contributed by atoms with Gasteiger partial charge in [-0.25, -0.2) is 0 Å². The summed E-state index contributed by atoms with van der Waals surface area (Å²) in [6.07, 6.45) is 4.37. The minimum atomic E-state index is -0.165. The summed E-state index contributed by atoms with van der Waals surface area (Å²) in [5.74, 6) is 0.000651. The van der Waals surface area contributed by atoms with Crippen molar-refractivity contribution in [2.24, 2.45) is 0 Å². The minimum Gasteiger partial charge on any atom is -0.301 e. The number of aromatic nitrogens is 1. The van der Waals surface area contributed by atoms with Gasteiger partial charge in [-0.3, -0.25) is 14.9 Å². The fourth-order valence-corrected chi connectivity index (χ4v) is 2.25. The SMILES string of the molecule is O=C(Nn1cccc1)[C@H]1Cc2ccccc2CN1. The zero-order valence-electron chi connectivity index (χ0n) is 9.97. The number of carbonyl (C=O) groups excluding carboxylic acids is 1. The van der Waals surface area contributed by atoms with Gasteiger partial charge in [-0.2, -0.15) is 0 Å². The summed E-state index contributed by atoms with van der Waals surface area (Å²) in [7, 11) is 0. The molecule has 0 saturated heterocycles. The normalized spacial score (nSPS) is 18.1. The molecule has 92 valence electrons. The number of rotatable bonds is 2. The summed E-state index contributed by atoms with van der Waals surface area (Å²) in [4.78, 5) is 12.1. The van der Waals surface area contributed by atoms with E-state index in [0.717, 1.165) is 13.0 Å². The van der Waals surface area contributed by atoms with E-state index >= 15 is 0 Å². The summed E-state index contributed by atoms with van der Waals surface area (Å²) in [5, 5.41) is 3.26. The topological polar surface area (TPSA) is 46.1 Å². The monoisotopic (exact) mass is 241 g/mol. The predicted molar refractivity (Wildman–Crippen MR) is 69.6 cm³/mol. The Balaban J connectivity index is 1.70. The maximum absolute atomic E-state index is 12.1. The standard InChI is InChI=1S/C14H15N3O/c18-14(16-17-7-3-4-8-17)13-9-11-5-1-2-6-12(11)10-15-13/h1-8,13,15H,9-10H2,(H,16,18)/t13-/m1/s1. The van der Waals surface area contributed by atoms with Gasteiger partial charge in [-0.1, -0.05) is 24.3 Å². The Hall–Kier alpha value is -2.07. The van der Waals surface area contributed by atoms with E-state index in [0.29, 0.717) is 0 Å². The van der Waals surface area contributed by atoms with Crippen LogP contribution in [-0.4, -0.2) is 16.6 Å². The molecule has 1 amide bonds. The second-order valence-electron chi connectivity index (χ2n) is 4.47. The zero-order valence-corrected chi connectivity index (χ0v) is 9.97. The summed E-state index contributed by atoms with van der Waals surface area (Å²) in [5.41, 5.74) is 5.37. The van der Waals surface area contributed by atoms with Crippen LogP contribution in [0.1, 0.15) is 11.1 Å². The predicted octanol–water partition coefficient (Wildman–Crippen LogP) is 1.27. The first-order valence-corrected chi connectivity index (χ1v) is 6.07. The molecule has 1 atom stereocenters. The molecule has 1 aliphatic rings. The lowest BCUT2D eigenvalue weighted by Gasteiger charge is -2.25. The average Bonchev–Trinajstić information content (AvgIpc) is 2.91. The average molecular weight is 241 g/mol. The molecule has 1 aliphatic heterocycles. The quantitative estimate of drug-likeness (QED) is 0.831. The van der Waals surface area contributed by atoms with Crippen molar-refractivity contribution >= 4 is 5.91 Å².